The Kier molecular flexibility index (Phi) is 34.8. The van der Waals surface area contributed by atoms with Crippen LogP contribution in [0.5, 0.6) is 0 Å². The summed E-state index contributed by atoms with van der Waals surface area (Å²) in [7, 11) is 0. The molecule has 1 heteroatoms. The lowest BCUT2D eigenvalue weighted by Crippen LogP contribution is -2.16. The summed E-state index contributed by atoms with van der Waals surface area (Å²) in [6.45, 7) is 20.7. The Labute approximate surface area is 280 Å². The van der Waals surface area contributed by atoms with E-state index in [0.29, 0.717) is 0 Å². The molecule has 1 N–H and O–H groups in total. The molecule has 0 saturated heterocycles. The van der Waals surface area contributed by atoms with Crippen molar-refractivity contribution in [3.05, 3.63) is 24.3 Å². The van der Waals surface area contributed by atoms with Gasteiger partial charge < -0.3 is 5.32 Å². The molecule has 0 aromatic heterocycles. The van der Waals surface area contributed by atoms with E-state index in [0.717, 1.165) is 11.8 Å². The minimum absolute atomic E-state index is 0.831. The fourth-order valence-electron chi connectivity index (χ4n) is 6.98. The van der Waals surface area contributed by atoms with Crippen LogP contribution in [0.15, 0.2) is 24.3 Å². The number of hydrogen-bond acceptors (Lipinski definition) is 1. The largest absolute Gasteiger partial charge is 0.317 e. The summed E-state index contributed by atoms with van der Waals surface area (Å²) in [5, 5.41) is 3.70. The molecule has 0 fully saturated rings. The Morgan fingerprint density at radius 2 is 0.795 bits per heavy atom. The third-order valence-corrected chi connectivity index (χ3v) is 9.96. The van der Waals surface area contributed by atoms with E-state index < -0.39 is 0 Å². The van der Waals surface area contributed by atoms with E-state index in [1.54, 1.807) is 5.57 Å². The first-order valence-electron chi connectivity index (χ1n) is 20.6. The molecule has 0 aliphatic heterocycles. The molecule has 0 aromatic carbocycles. The third-order valence-electron chi connectivity index (χ3n) is 9.96. The van der Waals surface area contributed by atoms with Crippen LogP contribution >= 0.6 is 0 Å². The smallest absolute Gasteiger partial charge is 0.00489 e. The van der Waals surface area contributed by atoms with Gasteiger partial charge in [-0.1, -0.05) is 200 Å². The molecule has 0 radical (unpaired) electrons. The second kappa shape index (κ2) is 35.3. The molecule has 2 atom stereocenters. The summed E-state index contributed by atoms with van der Waals surface area (Å²) in [6.07, 6.45) is 42.8. The van der Waals surface area contributed by atoms with Crippen LogP contribution < -0.4 is 5.32 Å². The monoisotopic (exact) mass is 616 g/mol. The van der Waals surface area contributed by atoms with Gasteiger partial charge in [0.15, 0.2) is 0 Å². The molecule has 0 aliphatic rings. The van der Waals surface area contributed by atoms with Gasteiger partial charge >= 0.3 is 0 Å². The zero-order valence-corrected chi connectivity index (χ0v) is 31.4. The Morgan fingerprint density at radius 1 is 0.432 bits per heavy atom. The van der Waals surface area contributed by atoms with Crippen molar-refractivity contribution in [1.82, 2.24) is 5.32 Å². The van der Waals surface area contributed by atoms with Crippen molar-refractivity contribution in [2.24, 2.45) is 11.8 Å². The van der Waals surface area contributed by atoms with Gasteiger partial charge in [-0.05, 0) is 76.3 Å². The van der Waals surface area contributed by atoms with Crippen molar-refractivity contribution >= 4 is 0 Å². The van der Waals surface area contributed by atoms with Crippen LogP contribution in [0.1, 0.15) is 227 Å². The minimum Gasteiger partial charge on any atom is -0.317 e. The van der Waals surface area contributed by atoms with Crippen molar-refractivity contribution in [1.29, 1.82) is 0 Å². The predicted octanol–water partition coefficient (Wildman–Crippen LogP) is 15.1. The molecule has 0 spiro atoms. The highest BCUT2D eigenvalue weighted by Crippen LogP contribution is 2.27. The molecular formula is C43H85N. The molecule has 0 amide bonds. The van der Waals surface area contributed by atoms with Crippen LogP contribution in [0.2, 0.25) is 0 Å². The SMILES string of the molecule is C=C(CCCCCCCNCCCCCCCC(=C)CC(CCCCCC)CCCCCCCC)CC(C)CCCCCC. The number of allylic oxidation sites excluding steroid dienone is 2. The van der Waals surface area contributed by atoms with Crippen LogP contribution in [-0.2, 0) is 0 Å². The van der Waals surface area contributed by atoms with Crippen molar-refractivity contribution in [3.8, 4) is 0 Å². The topological polar surface area (TPSA) is 12.0 Å². The highest BCUT2D eigenvalue weighted by atomic mass is 14.8. The average Bonchev–Trinajstić information content (AvgIpc) is 3.01. The minimum atomic E-state index is 0.831. The normalized spacial score (nSPS) is 12.9. The molecule has 0 aliphatic carbocycles. The predicted molar refractivity (Wildman–Crippen MR) is 204 cm³/mol. The molecule has 0 aromatic rings. The first-order valence-corrected chi connectivity index (χ1v) is 20.6. The van der Waals surface area contributed by atoms with Crippen LogP contribution in [0.3, 0.4) is 0 Å². The van der Waals surface area contributed by atoms with E-state index in [-0.39, 0.29) is 0 Å². The molecule has 2 unspecified atom stereocenters. The fourth-order valence-corrected chi connectivity index (χ4v) is 6.98. The number of hydrogen-bond donors (Lipinski definition) is 1. The van der Waals surface area contributed by atoms with Crippen molar-refractivity contribution in [3.63, 3.8) is 0 Å². The van der Waals surface area contributed by atoms with E-state index in [4.69, 9.17) is 0 Å². The van der Waals surface area contributed by atoms with Crippen molar-refractivity contribution < 1.29 is 0 Å². The summed E-state index contributed by atoms with van der Waals surface area (Å²) in [5.41, 5.74) is 3.05. The van der Waals surface area contributed by atoms with Crippen LogP contribution in [0.25, 0.3) is 0 Å². The fraction of sp³-hybridized carbons (Fsp3) is 0.907. The average molecular weight is 616 g/mol. The van der Waals surface area contributed by atoms with Gasteiger partial charge in [0.2, 0.25) is 0 Å². The standard InChI is InChI=1S/C43H85N/c1-7-10-13-16-21-28-35-43(34-27-15-12-9-3)39-42(6)33-26-20-18-23-30-37-44-36-29-22-17-19-25-32-41(5)38-40(4)31-24-14-11-8-2/h40,43-44H,5-39H2,1-4H3. The number of rotatable bonds is 37. The lowest BCUT2D eigenvalue weighted by atomic mass is 9.87. The molecule has 0 heterocycles. The molecule has 0 saturated carbocycles. The lowest BCUT2D eigenvalue weighted by molar-refractivity contribution is 0.397. The third kappa shape index (κ3) is 32.8. The Balaban J connectivity index is 3.63. The van der Waals surface area contributed by atoms with Gasteiger partial charge in [-0.15, -0.1) is 0 Å². The van der Waals surface area contributed by atoms with E-state index >= 15 is 0 Å². The van der Waals surface area contributed by atoms with Crippen LogP contribution in [0, 0.1) is 11.8 Å². The Morgan fingerprint density at radius 3 is 1.30 bits per heavy atom. The Bertz CT molecular complexity index is 592. The second-order valence-corrected chi connectivity index (χ2v) is 14.9. The maximum absolute atomic E-state index is 4.52. The van der Waals surface area contributed by atoms with Gasteiger partial charge in [-0.25, -0.2) is 0 Å². The van der Waals surface area contributed by atoms with E-state index in [9.17, 15) is 0 Å². The lowest BCUT2D eigenvalue weighted by Gasteiger charge is -2.18. The van der Waals surface area contributed by atoms with Crippen molar-refractivity contribution in [2.45, 2.75) is 227 Å². The summed E-state index contributed by atoms with van der Waals surface area (Å²) in [5.74, 6) is 1.73. The molecule has 44 heavy (non-hydrogen) atoms. The summed E-state index contributed by atoms with van der Waals surface area (Å²) in [6, 6.07) is 0. The van der Waals surface area contributed by atoms with Gasteiger partial charge in [0, 0.05) is 0 Å². The highest BCUT2D eigenvalue weighted by molar-refractivity contribution is 4.96. The van der Waals surface area contributed by atoms with Gasteiger partial charge in [0.25, 0.3) is 0 Å². The molecule has 262 valence electrons. The zero-order chi connectivity index (χ0) is 32.4. The van der Waals surface area contributed by atoms with E-state index in [1.165, 1.54) is 218 Å². The molecule has 0 bridgehead atoms. The van der Waals surface area contributed by atoms with Gasteiger partial charge in [-0.2, -0.15) is 0 Å². The number of unbranched alkanes of at least 4 members (excludes halogenated alkanes) is 19. The van der Waals surface area contributed by atoms with E-state index in [2.05, 4.69) is 46.2 Å². The van der Waals surface area contributed by atoms with Gasteiger partial charge in [-0.3, -0.25) is 0 Å². The molecular weight excluding hydrogens is 530 g/mol. The van der Waals surface area contributed by atoms with Crippen LogP contribution in [0.4, 0.5) is 0 Å². The van der Waals surface area contributed by atoms with E-state index in [1.807, 2.05) is 0 Å². The van der Waals surface area contributed by atoms with Gasteiger partial charge in [0.1, 0.15) is 0 Å². The van der Waals surface area contributed by atoms with Gasteiger partial charge in [0.05, 0.1) is 0 Å². The summed E-state index contributed by atoms with van der Waals surface area (Å²) < 4.78 is 0. The summed E-state index contributed by atoms with van der Waals surface area (Å²) >= 11 is 0. The first-order chi connectivity index (χ1) is 21.5. The first kappa shape index (κ1) is 43.4. The highest BCUT2D eigenvalue weighted by Gasteiger charge is 2.11. The zero-order valence-electron chi connectivity index (χ0n) is 31.4. The maximum atomic E-state index is 4.52. The quantitative estimate of drug-likeness (QED) is 0.0541. The molecule has 1 nitrogen and oxygen atoms in total. The Hall–Kier alpha value is -0.560. The maximum Gasteiger partial charge on any atom is -0.00489 e. The second-order valence-electron chi connectivity index (χ2n) is 14.9. The van der Waals surface area contributed by atoms with Crippen LogP contribution in [-0.4, -0.2) is 13.1 Å². The van der Waals surface area contributed by atoms with Crippen molar-refractivity contribution in [2.75, 3.05) is 13.1 Å². The number of nitrogens with one attached hydrogen (secondary N) is 1. The molecule has 0 rings (SSSR count). The summed E-state index contributed by atoms with van der Waals surface area (Å²) in [4.78, 5) is 0.